The minimum atomic E-state index is -0.851. The van der Waals surface area contributed by atoms with Crippen LogP contribution in [-0.4, -0.2) is 28.2 Å². The predicted molar refractivity (Wildman–Crippen MR) is 52.1 cm³/mol. The zero-order chi connectivity index (χ0) is 12.3. The van der Waals surface area contributed by atoms with Crippen LogP contribution in [0.4, 0.5) is 5.69 Å². The van der Waals surface area contributed by atoms with Crippen molar-refractivity contribution in [2.45, 2.75) is 6.42 Å². The number of phenols is 2. The van der Waals surface area contributed by atoms with Gasteiger partial charge in [-0.3, -0.25) is 14.9 Å². The van der Waals surface area contributed by atoms with E-state index in [1.807, 2.05) is 0 Å². The van der Waals surface area contributed by atoms with Crippen molar-refractivity contribution in [2.24, 2.45) is 0 Å². The lowest BCUT2D eigenvalue weighted by Crippen LogP contribution is -2.05. The average Bonchev–Trinajstić information content (AvgIpc) is 2.22. The number of phenolic OH excluding ortho intramolecular Hbond substituents is 2. The lowest BCUT2D eigenvalue weighted by Gasteiger charge is -2.04. The SMILES string of the molecule is COC(=O)Cc1cc(O)cc([N+](=O)[O-])c1O. The average molecular weight is 227 g/mol. The van der Waals surface area contributed by atoms with Crippen molar-refractivity contribution in [1.82, 2.24) is 0 Å². The van der Waals surface area contributed by atoms with Gasteiger partial charge in [-0.05, 0) is 6.07 Å². The Balaban J connectivity index is 3.19. The van der Waals surface area contributed by atoms with Crippen LogP contribution in [0.2, 0.25) is 0 Å². The van der Waals surface area contributed by atoms with Crippen molar-refractivity contribution in [2.75, 3.05) is 7.11 Å². The summed E-state index contributed by atoms with van der Waals surface area (Å²) in [5.74, 6) is -1.72. The lowest BCUT2D eigenvalue weighted by molar-refractivity contribution is -0.386. The Kier molecular flexibility index (Phi) is 3.29. The van der Waals surface area contributed by atoms with Gasteiger partial charge in [0.2, 0.25) is 0 Å². The quantitative estimate of drug-likeness (QED) is 0.340. The monoisotopic (exact) mass is 227 g/mol. The van der Waals surface area contributed by atoms with Gasteiger partial charge in [-0.1, -0.05) is 0 Å². The summed E-state index contributed by atoms with van der Waals surface area (Å²) in [6.45, 7) is 0. The molecule has 1 aromatic rings. The number of carbonyl (C=O) groups is 1. The van der Waals surface area contributed by atoms with Crippen LogP contribution >= 0.6 is 0 Å². The number of carbonyl (C=O) groups excluding carboxylic acids is 1. The molecule has 1 rings (SSSR count). The van der Waals surface area contributed by atoms with E-state index in [0.717, 1.165) is 19.2 Å². The fraction of sp³-hybridized carbons (Fsp3) is 0.222. The Morgan fingerprint density at radius 2 is 2.12 bits per heavy atom. The number of methoxy groups -OCH3 is 1. The van der Waals surface area contributed by atoms with Crippen LogP contribution in [0.5, 0.6) is 11.5 Å². The molecule has 0 heterocycles. The molecule has 0 atom stereocenters. The van der Waals surface area contributed by atoms with Crippen molar-refractivity contribution in [3.05, 3.63) is 27.8 Å². The summed E-state index contributed by atoms with van der Waals surface area (Å²) in [6, 6.07) is 1.87. The van der Waals surface area contributed by atoms with Crippen molar-refractivity contribution in [3.8, 4) is 11.5 Å². The van der Waals surface area contributed by atoms with Gasteiger partial charge in [-0.25, -0.2) is 0 Å². The van der Waals surface area contributed by atoms with E-state index in [4.69, 9.17) is 0 Å². The molecule has 16 heavy (non-hydrogen) atoms. The van der Waals surface area contributed by atoms with Gasteiger partial charge in [0.05, 0.1) is 24.5 Å². The summed E-state index contributed by atoms with van der Waals surface area (Å²) in [4.78, 5) is 20.6. The molecule has 0 aromatic heterocycles. The molecule has 0 unspecified atom stereocenters. The Morgan fingerprint density at radius 1 is 1.50 bits per heavy atom. The molecule has 1 aromatic carbocycles. The highest BCUT2D eigenvalue weighted by Crippen LogP contribution is 2.34. The molecule has 0 aliphatic carbocycles. The predicted octanol–water partition coefficient (Wildman–Crippen LogP) is 0.721. The van der Waals surface area contributed by atoms with Gasteiger partial charge < -0.3 is 14.9 Å². The van der Waals surface area contributed by atoms with E-state index in [0.29, 0.717) is 0 Å². The summed E-state index contributed by atoms with van der Waals surface area (Å²) >= 11 is 0. The van der Waals surface area contributed by atoms with Gasteiger partial charge in [0.25, 0.3) is 0 Å². The van der Waals surface area contributed by atoms with Crippen LogP contribution in [-0.2, 0) is 16.0 Å². The third kappa shape index (κ3) is 2.38. The Labute approximate surface area is 90.0 Å². The molecule has 0 saturated heterocycles. The van der Waals surface area contributed by atoms with Crippen LogP contribution in [0.1, 0.15) is 5.56 Å². The third-order valence-electron chi connectivity index (χ3n) is 1.91. The summed E-state index contributed by atoms with van der Waals surface area (Å²) in [5.41, 5.74) is -0.711. The van der Waals surface area contributed by atoms with Crippen molar-refractivity contribution < 1.29 is 24.7 Å². The molecule has 2 N–H and O–H groups in total. The van der Waals surface area contributed by atoms with Crippen LogP contribution < -0.4 is 0 Å². The highest BCUT2D eigenvalue weighted by atomic mass is 16.6. The van der Waals surface area contributed by atoms with Crippen molar-refractivity contribution in [3.63, 3.8) is 0 Å². The summed E-state index contributed by atoms with van der Waals surface area (Å²) < 4.78 is 4.35. The van der Waals surface area contributed by atoms with Crippen LogP contribution in [0.15, 0.2) is 12.1 Å². The first kappa shape index (κ1) is 11.8. The fourth-order valence-corrected chi connectivity index (χ4v) is 1.16. The van der Waals surface area contributed by atoms with Crippen LogP contribution in [0.3, 0.4) is 0 Å². The Bertz CT molecular complexity index is 442. The first-order chi connectivity index (χ1) is 7.45. The molecular weight excluding hydrogens is 218 g/mol. The van der Waals surface area contributed by atoms with Gasteiger partial charge in [-0.2, -0.15) is 0 Å². The minimum absolute atomic E-state index is 0.0569. The van der Waals surface area contributed by atoms with Gasteiger partial charge in [-0.15, -0.1) is 0 Å². The van der Waals surface area contributed by atoms with E-state index >= 15 is 0 Å². The van der Waals surface area contributed by atoms with Gasteiger partial charge >= 0.3 is 11.7 Å². The Morgan fingerprint density at radius 3 is 2.62 bits per heavy atom. The maximum Gasteiger partial charge on any atom is 0.314 e. The molecule has 0 radical (unpaired) electrons. The number of hydrogen-bond donors (Lipinski definition) is 2. The molecule has 7 heteroatoms. The second-order valence-corrected chi connectivity index (χ2v) is 2.98. The first-order valence-corrected chi connectivity index (χ1v) is 4.21. The van der Waals surface area contributed by atoms with Gasteiger partial charge in [0.1, 0.15) is 5.75 Å². The molecule has 0 spiro atoms. The van der Waals surface area contributed by atoms with E-state index in [2.05, 4.69) is 4.74 Å². The molecule has 0 saturated carbocycles. The van der Waals surface area contributed by atoms with Gasteiger partial charge in [0, 0.05) is 5.56 Å². The molecule has 0 fully saturated rings. The van der Waals surface area contributed by atoms with Crippen LogP contribution in [0, 0.1) is 10.1 Å². The third-order valence-corrected chi connectivity index (χ3v) is 1.91. The van der Waals surface area contributed by atoms with Crippen molar-refractivity contribution >= 4 is 11.7 Å². The molecule has 0 bridgehead atoms. The summed E-state index contributed by atoms with van der Waals surface area (Å²) in [5, 5.41) is 29.2. The number of aromatic hydroxyl groups is 2. The number of benzene rings is 1. The highest BCUT2D eigenvalue weighted by molar-refractivity contribution is 5.74. The number of hydrogen-bond acceptors (Lipinski definition) is 6. The van der Waals surface area contributed by atoms with Gasteiger partial charge in [0.15, 0.2) is 5.75 Å². The topological polar surface area (TPSA) is 110 Å². The van der Waals surface area contributed by atoms with E-state index in [1.165, 1.54) is 0 Å². The molecule has 0 aliphatic heterocycles. The number of rotatable bonds is 3. The maximum atomic E-state index is 10.9. The highest BCUT2D eigenvalue weighted by Gasteiger charge is 2.20. The van der Waals surface area contributed by atoms with E-state index in [-0.39, 0.29) is 12.0 Å². The van der Waals surface area contributed by atoms with Crippen LogP contribution in [0.25, 0.3) is 0 Å². The molecule has 86 valence electrons. The zero-order valence-electron chi connectivity index (χ0n) is 8.34. The zero-order valence-corrected chi connectivity index (χ0v) is 8.34. The van der Waals surface area contributed by atoms with Crippen molar-refractivity contribution in [1.29, 1.82) is 0 Å². The molecule has 0 amide bonds. The minimum Gasteiger partial charge on any atom is -0.508 e. The van der Waals surface area contributed by atoms with E-state index < -0.39 is 28.1 Å². The summed E-state index contributed by atoms with van der Waals surface area (Å²) in [7, 11) is 1.15. The lowest BCUT2D eigenvalue weighted by atomic mass is 10.1. The normalized spacial score (nSPS) is 9.81. The standard InChI is InChI=1S/C9H9NO6/c1-16-8(12)3-5-2-6(11)4-7(9(5)13)10(14)15/h2,4,11,13H,3H2,1H3. The molecular formula is C9H9NO6. The molecule has 7 nitrogen and oxygen atoms in total. The number of ether oxygens (including phenoxy) is 1. The fourth-order valence-electron chi connectivity index (χ4n) is 1.16. The smallest absolute Gasteiger partial charge is 0.314 e. The number of nitrogens with zero attached hydrogens (tertiary/aromatic N) is 1. The number of nitro benzene ring substituents is 1. The summed E-state index contributed by atoms with van der Waals surface area (Å²) in [6.07, 6.45) is -0.350. The van der Waals surface area contributed by atoms with E-state index in [1.54, 1.807) is 0 Å². The maximum absolute atomic E-state index is 10.9. The largest absolute Gasteiger partial charge is 0.508 e. The first-order valence-electron chi connectivity index (χ1n) is 4.21. The second-order valence-electron chi connectivity index (χ2n) is 2.98. The Hall–Kier alpha value is -2.31. The number of esters is 1. The molecule has 0 aliphatic rings. The number of nitro groups is 1. The second kappa shape index (κ2) is 4.47. The van der Waals surface area contributed by atoms with E-state index in [9.17, 15) is 25.1 Å².